The second-order valence-corrected chi connectivity index (χ2v) is 4.63. The Labute approximate surface area is 113 Å². The zero-order valence-corrected chi connectivity index (χ0v) is 11.8. The number of anilines is 1. The molecule has 0 saturated heterocycles. The van der Waals surface area contributed by atoms with Crippen LogP contribution in [0.3, 0.4) is 0 Å². The van der Waals surface area contributed by atoms with Gasteiger partial charge in [0.1, 0.15) is 5.69 Å². The van der Waals surface area contributed by atoms with Crippen LogP contribution in [0.15, 0.2) is 30.3 Å². The highest BCUT2D eigenvalue weighted by molar-refractivity contribution is 6.05. The molecular formula is C15H19N3O. The van der Waals surface area contributed by atoms with E-state index in [9.17, 15) is 4.79 Å². The Bertz CT molecular complexity index is 601. The third-order valence-corrected chi connectivity index (χ3v) is 3.19. The molecule has 100 valence electrons. The van der Waals surface area contributed by atoms with Gasteiger partial charge in [0, 0.05) is 19.3 Å². The van der Waals surface area contributed by atoms with Crippen molar-refractivity contribution in [2.24, 2.45) is 7.05 Å². The van der Waals surface area contributed by atoms with Crippen LogP contribution in [-0.4, -0.2) is 22.2 Å². The number of amides is 1. The number of hydrogen-bond donors (Lipinski definition) is 0. The average molecular weight is 257 g/mol. The van der Waals surface area contributed by atoms with E-state index in [2.05, 4.69) is 5.10 Å². The summed E-state index contributed by atoms with van der Waals surface area (Å²) in [6.45, 7) is 6.52. The quantitative estimate of drug-likeness (QED) is 0.848. The first-order valence-corrected chi connectivity index (χ1v) is 6.42. The van der Waals surface area contributed by atoms with Crippen molar-refractivity contribution in [1.29, 1.82) is 0 Å². The molecule has 1 aromatic carbocycles. The van der Waals surface area contributed by atoms with Crippen LogP contribution in [0.5, 0.6) is 0 Å². The van der Waals surface area contributed by atoms with Gasteiger partial charge in [0.2, 0.25) is 0 Å². The van der Waals surface area contributed by atoms with Crippen molar-refractivity contribution in [3.8, 4) is 0 Å². The van der Waals surface area contributed by atoms with Crippen LogP contribution in [-0.2, 0) is 7.05 Å². The van der Waals surface area contributed by atoms with E-state index in [-0.39, 0.29) is 5.91 Å². The van der Waals surface area contributed by atoms with Crippen molar-refractivity contribution < 1.29 is 4.79 Å². The summed E-state index contributed by atoms with van der Waals surface area (Å²) in [4.78, 5) is 14.4. The van der Waals surface area contributed by atoms with E-state index in [1.165, 1.54) is 0 Å². The summed E-state index contributed by atoms with van der Waals surface area (Å²) in [6.07, 6.45) is 0. The lowest BCUT2D eigenvalue weighted by Gasteiger charge is -2.22. The number of aryl methyl sites for hydroxylation is 3. The topological polar surface area (TPSA) is 38.1 Å². The number of hydrogen-bond acceptors (Lipinski definition) is 2. The van der Waals surface area contributed by atoms with Crippen LogP contribution in [0.2, 0.25) is 0 Å². The van der Waals surface area contributed by atoms with Crippen molar-refractivity contribution in [1.82, 2.24) is 9.78 Å². The van der Waals surface area contributed by atoms with E-state index in [1.807, 2.05) is 51.1 Å². The zero-order valence-electron chi connectivity index (χ0n) is 11.8. The number of carbonyl (C=O) groups is 1. The van der Waals surface area contributed by atoms with Gasteiger partial charge in [-0.2, -0.15) is 5.10 Å². The second kappa shape index (κ2) is 5.26. The fraction of sp³-hybridized carbons (Fsp3) is 0.333. The fourth-order valence-corrected chi connectivity index (χ4v) is 2.24. The standard InChI is InChI=1S/C15H19N3O/c1-5-18(13-9-7-6-8-11(13)2)15(19)14-10-12(3)16-17(14)4/h6-10H,5H2,1-4H3. The molecule has 0 aliphatic rings. The minimum atomic E-state index is -0.0140. The van der Waals surface area contributed by atoms with E-state index < -0.39 is 0 Å². The lowest BCUT2D eigenvalue weighted by molar-refractivity contribution is 0.0979. The molecule has 0 aliphatic carbocycles. The van der Waals surface area contributed by atoms with Crippen LogP contribution < -0.4 is 4.90 Å². The van der Waals surface area contributed by atoms with Crippen LogP contribution in [0, 0.1) is 13.8 Å². The average Bonchev–Trinajstić information content (AvgIpc) is 2.71. The first-order valence-electron chi connectivity index (χ1n) is 6.42. The monoisotopic (exact) mass is 257 g/mol. The van der Waals surface area contributed by atoms with Crippen molar-refractivity contribution in [2.75, 3.05) is 11.4 Å². The number of carbonyl (C=O) groups excluding carboxylic acids is 1. The maximum Gasteiger partial charge on any atom is 0.276 e. The summed E-state index contributed by atoms with van der Waals surface area (Å²) in [5, 5.41) is 4.23. The predicted octanol–water partition coefficient (Wildman–Crippen LogP) is 2.70. The Morgan fingerprint density at radius 3 is 2.53 bits per heavy atom. The lowest BCUT2D eigenvalue weighted by atomic mass is 10.1. The van der Waals surface area contributed by atoms with Crippen molar-refractivity contribution in [3.63, 3.8) is 0 Å². The maximum absolute atomic E-state index is 12.6. The summed E-state index contributed by atoms with van der Waals surface area (Å²) in [5.41, 5.74) is 3.51. The molecule has 2 aromatic rings. The third-order valence-electron chi connectivity index (χ3n) is 3.19. The number of nitrogens with zero attached hydrogens (tertiary/aromatic N) is 3. The molecule has 0 bridgehead atoms. The fourth-order valence-electron chi connectivity index (χ4n) is 2.24. The summed E-state index contributed by atoms with van der Waals surface area (Å²) in [7, 11) is 1.80. The number of aromatic nitrogens is 2. The Hall–Kier alpha value is -2.10. The first kappa shape index (κ1) is 13.3. The number of rotatable bonds is 3. The molecule has 1 amide bonds. The molecule has 0 aliphatic heterocycles. The van der Waals surface area contributed by atoms with Gasteiger partial charge in [-0.3, -0.25) is 9.48 Å². The highest BCUT2D eigenvalue weighted by Crippen LogP contribution is 2.21. The molecule has 1 heterocycles. The van der Waals surface area contributed by atoms with Gasteiger partial charge in [0.15, 0.2) is 0 Å². The highest BCUT2D eigenvalue weighted by atomic mass is 16.2. The van der Waals surface area contributed by atoms with E-state index in [0.717, 1.165) is 16.9 Å². The van der Waals surface area contributed by atoms with Gasteiger partial charge < -0.3 is 4.90 Å². The van der Waals surface area contributed by atoms with E-state index in [4.69, 9.17) is 0 Å². The first-order chi connectivity index (χ1) is 9.04. The number of benzene rings is 1. The number of para-hydroxylation sites is 1. The molecule has 0 saturated carbocycles. The van der Waals surface area contributed by atoms with Gasteiger partial charge in [-0.05, 0) is 38.5 Å². The summed E-state index contributed by atoms with van der Waals surface area (Å²) in [5.74, 6) is -0.0140. The van der Waals surface area contributed by atoms with Gasteiger partial charge in [0.25, 0.3) is 5.91 Å². The molecular weight excluding hydrogens is 238 g/mol. The molecule has 0 atom stereocenters. The molecule has 2 rings (SSSR count). The van der Waals surface area contributed by atoms with Gasteiger partial charge in [-0.1, -0.05) is 18.2 Å². The van der Waals surface area contributed by atoms with Crippen LogP contribution in [0.4, 0.5) is 5.69 Å². The molecule has 1 aromatic heterocycles. The van der Waals surface area contributed by atoms with Crippen LogP contribution >= 0.6 is 0 Å². The molecule has 0 unspecified atom stereocenters. The lowest BCUT2D eigenvalue weighted by Crippen LogP contribution is -2.32. The predicted molar refractivity (Wildman–Crippen MR) is 76.5 cm³/mol. The Morgan fingerprint density at radius 1 is 1.32 bits per heavy atom. The smallest absolute Gasteiger partial charge is 0.276 e. The van der Waals surface area contributed by atoms with Gasteiger partial charge >= 0.3 is 0 Å². The molecule has 0 N–H and O–H groups in total. The summed E-state index contributed by atoms with van der Waals surface area (Å²) in [6, 6.07) is 9.74. The summed E-state index contributed by atoms with van der Waals surface area (Å²) < 4.78 is 1.64. The van der Waals surface area contributed by atoms with Crippen LogP contribution in [0.1, 0.15) is 28.7 Å². The molecule has 0 fully saturated rings. The normalized spacial score (nSPS) is 10.5. The summed E-state index contributed by atoms with van der Waals surface area (Å²) >= 11 is 0. The van der Waals surface area contributed by atoms with Gasteiger partial charge in [0.05, 0.1) is 5.69 Å². The highest BCUT2D eigenvalue weighted by Gasteiger charge is 2.20. The largest absolute Gasteiger partial charge is 0.307 e. The van der Waals surface area contributed by atoms with E-state index in [1.54, 1.807) is 16.6 Å². The van der Waals surface area contributed by atoms with Gasteiger partial charge in [-0.15, -0.1) is 0 Å². The van der Waals surface area contributed by atoms with Gasteiger partial charge in [-0.25, -0.2) is 0 Å². The molecule has 0 radical (unpaired) electrons. The zero-order chi connectivity index (χ0) is 14.0. The van der Waals surface area contributed by atoms with Crippen molar-refractivity contribution in [3.05, 3.63) is 47.3 Å². The third kappa shape index (κ3) is 2.52. The van der Waals surface area contributed by atoms with E-state index in [0.29, 0.717) is 12.2 Å². The van der Waals surface area contributed by atoms with Crippen LogP contribution in [0.25, 0.3) is 0 Å². The molecule has 4 heteroatoms. The minimum Gasteiger partial charge on any atom is -0.307 e. The maximum atomic E-state index is 12.6. The van der Waals surface area contributed by atoms with E-state index >= 15 is 0 Å². The second-order valence-electron chi connectivity index (χ2n) is 4.63. The van der Waals surface area contributed by atoms with Crippen molar-refractivity contribution >= 4 is 11.6 Å². The Kier molecular flexibility index (Phi) is 3.69. The Morgan fingerprint density at radius 2 is 2.00 bits per heavy atom. The SMILES string of the molecule is CCN(C(=O)c1cc(C)nn1C)c1ccccc1C. The molecule has 4 nitrogen and oxygen atoms in total. The molecule has 19 heavy (non-hydrogen) atoms. The van der Waals surface area contributed by atoms with Crippen molar-refractivity contribution in [2.45, 2.75) is 20.8 Å². The minimum absolute atomic E-state index is 0.0140. The molecule has 0 spiro atoms. The Balaban J connectivity index is 2.41.